The molecule has 0 radical (unpaired) electrons. The molecule has 2 aromatic heterocycles. The summed E-state index contributed by atoms with van der Waals surface area (Å²) in [5.41, 5.74) is -1.57. The fourth-order valence-corrected chi connectivity index (χ4v) is 4.35. The highest BCUT2D eigenvalue weighted by molar-refractivity contribution is 7.13. The van der Waals surface area contributed by atoms with Gasteiger partial charge in [0.05, 0.1) is 31.0 Å². The normalized spacial score (nSPS) is 28.7. The number of aromatic amines is 1. The maximum absolute atomic E-state index is 12.6. The second-order valence-electron chi connectivity index (χ2n) is 7.86. The van der Waals surface area contributed by atoms with Crippen LogP contribution in [-0.4, -0.2) is 57.8 Å². The lowest BCUT2D eigenvalue weighted by molar-refractivity contribution is -0.200. The molecule has 0 amide bonds. The number of aromatic nitrogens is 3. The minimum absolute atomic E-state index is 0.0121. The molecule has 4 rings (SSSR count). The number of nitrogens with zero attached hydrogens (tertiary/aromatic N) is 2. The lowest BCUT2D eigenvalue weighted by atomic mass is 9.99. The summed E-state index contributed by atoms with van der Waals surface area (Å²) in [6.45, 7) is 8.37. The highest BCUT2D eigenvalue weighted by Crippen LogP contribution is 2.47. The lowest BCUT2D eigenvalue weighted by Gasteiger charge is -2.32. The van der Waals surface area contributed by atoms with E-state index in [4.69, 9.17) is 18.9 Å². The number of hydrogen-bond donors (Lipinski definition) is 1. The Labute approximate surface area is 171 Å². The molecule has 9 nitrogen and oxygen atoms in total. The standard InChI is InChI=1S/C19H25N3O6S/c1-10(2)25-8-19-9-26-13(14(19)27-11(3)4)17(28-19)22-7-12(15(23)21-18(22)24)16-20-5-6-29-16/h5-7,10-11,13-14,17H,8-9H2,1-4H3,(H,21,23,24)/t13-,14+,17-,19+/m1/s1. The molecule has 2 saturated heterocycles. The monoisotopic (exact) mass is 423 g/mol. The van der Waals surface area contributed by atoms with E-state index in [0.717, 1.165) is 0 Å². The second-order valence-corrected chi connectivity index (χ2v) is 8.76. The van der Waals surface area contributed by atoms with E-state index in [9.17, 15) is 9.59 Å². The first-order chi connectivity index (χ1) is 13.8. The van der Waals surface area contributed by atoms with Crippen LogP contribution >= 0.6 is 11.3 Å². The van der Waals surface area contributed by atoms with Gasteiger partial charge in [-0.1, -0.05) is 0 Å². The van der Waals surface area contributed by atoms with Gasteiger partial charge in [-0.2, -0.15) is 0 Å². The maximum Gasteiger partial charge on any atom is 0.330 e. The summed E-state index contributed by atoms with van der Waals surface area (Å²) >= 11 is 1.32. The van der Waals surface area contributed by atoms with E-state index >= 15 is 0 Å². The smallest absolute Gasteiger partial charge is 0.330 e. The third-order valence-electron chi connectivity index (χ3n) is 4.96. The van der Waals surface area contributed by atoms with Crippen molar-refractivity contribution in [2.45, 2.75) is 63.9 Å². The van der Waals surface area contributed by atoms with Crippen LogP contribution in [0.25, 0.3) is 10.6 Å². The average Bonchev–Trinajstić information content (AvgIpc) is 3.35. The van der Waals surface area contributed by atoms with Gasteiger partial charge in [0.2, 0.25) is 0 Å². The summed E-state index contributed by atoms with van der Waals surface area (Å²) in [4.78, 5) is 31.4. The number of hydrogen-bond acceptors (Lipinski definition) is 8. The zero-order valence-corrected chi connectivity index (χ0v) is 17.6. The third kappa shape index (κ3) is 3.71. The Kier molecular flexibility index (Phi) is 5.47. The van der Waals surface area contributed by atoms with Crippen LogP contribution in [0.5, 0.6) is 0 Å². The van der Waals surface area contributed by atoms with E-state index in [0.29, 0.717) is 17.2 Å². The first-order valence-corrected chi connectivity index (χ1v) is 10.5. The average molecular weight is 423 g/mol. The minimum atomic E-state index is -0.819. The van der Waals surface area contributed by atoms with Gasteiger partial charge in [-0.05, 0) is 27.7 Å². The number of nitrogens with one attached hydrogen (secondary N) is 1. The first-order valence-electron chi connectivity index (χ1n) is 9.62. The van der Waals surface area contributed by atoms with Crippen LogP contribution in [0.15, 0.2) is 27.4 Å². The Hall–Kier alpha value is -1.85. The largest absolute Gasteiger partial charge is 0.376 e. The van der Waals surface area contributed by atoms with E-state index in [1.54, 1.807) is 11.6 Å². The fourth-order valence-electron chi connectivity index (χ4n) is 3.71. The number of fused-ring (bicyclic) bond motifs is 2. The molecule has 0 saturated carbocycles. The van der Waals surface area contributed by atoms with E-state index in [-0.39, 0.29) is 18.8 Å². The predicted molar refractivity (Wildman–Crippen MR) is 106 cm³/mol. The summed E-state index contributed by atoms with van der Waals surface area (Å²) in [5.74, 6) is 0. The van der Waals surface area contributed by atoms with Crippen molar-refractivity contribution < 1.29 is 18.9 Å². The molecule has 0 spiro atoms. The van der Waals surface area contributed by atoms with Crippen LogP contribution in [-0.2, 0) is 18.9 Å². The van der Waals surface area contributed by atoms with Crippen LogP contribution in [0.3, 0.4) is 0 Å². The molecular weight excluding hydrogens is 398 g/mol. The minimum Gasteiger partial charge on any atom is -0.376 e. The highest BCUT2D eigenvalue weighted by atomic mass is 32.1. The predicted octanol–water partition coefficient (Wildman–Crippen LogP) is 1.55. The molecule has 2 bridgehead atoms. The second kappa shape index (κ2) is 7.77. The number of thiazole rings is 1. The van der Waals surface area contributed by atoms with E-state index in [1.807, 2.05) is 27.7 Å². The zero-order chi connectivity index (χ0) is 20.8. The zero-order valence-electron chi connectivity index (χ0n) is 16.8. The van der Waals surface area contributed by atoms with Crippen molar-refractivity contribution in [3.63, 3.8) is 0 Å². The van der Waals surface area contributed by atoms with Crippen molar-refractivity contribution in [1.82, 2.24) is 14.5 Å². The molecule has 4 heterocycles. The quantitative estimate of drug-likeness (QED) is 0.720. The van der Waals surface area contributed by atoms with Crippen molar-refractivity contribution in [3.8, 4) is 10.6 Å². The van der Waals surface area contributed by atoms with Crippen molar-refractivity contribution in [1.29, 1.82) is 0 Å². The van der Waals surface area contributed by atoms with Gasteiger partial charge in [-0.25, -0.2) is 9.78 Å². The molecule has 0 aliphatic carbocycles. The summed E-state index contributed by atoms with van der Waals surface area (Å²) in [5, 5.41) is 2.29. The van der Waals surface area contributed by atoms with Gasteiger partial charge in [0.15, 0.2) is 6.23 Å². The van der Waals surface area contributed by atoms with Gasteiger partial charge >= 0.3 is 5.69 Å². The van der Waals surface area contributed by atoms with E-state index < -0.39 is 35.3 Å². The number of H-pyrrole nitrogens is 1. The van der Waals surface area contributed by atoms with Gasteiger partial charge in [0, 0.05) is 17.8 Å². The van der Waals surface area contributed by atoms with E-state index in [2.05, 4.69) is 9.97 Å². The molecule has 0 unspecified atom stereocenters. The SMILES string of the molecule is CC(C)OC[C@@]12CO[C@@H]([C@H](n3cc(-c4nccs4)c(=O)[nH]c3=O)O1)[C@@H]2OC(C)C. The molecule has 1 N–H and O–H groups in total. The molecule has 2 aromatic rings. The Bertz CT molecular complexity index is 969. The molecule has 10 heteroatoms. The lowest BCUT2D eigenvalue weighted by Crippen LogP contribution is -2.47. The van der Waals surface area contributed by atoms with Crippen LogP contribution in [0.1, 0.15) is 33.9 Å². The van der Waals surface area contributed by atoms with Crippen LogP contribution < -0.4 is 11.2 Å². The Morgan fingerprint density at radius 2 is 2.14 bits per heavy atom. The molecule has 2 fully saturated rings. The van der Waals surface area contributed by atoms with Gasteiger partial charge in [-0.3, -0.25) is 14.3 Å². The Morgan fingerprint density at radius 3 is 2.79 bits per heavy atom. The summed E-state index contributed by atoms with van der Waals surface area (Å²) in [7, 11) is 0. The van der Waals surface area contributed by atoms with Crippen LogP contribution in [0.2, 0.25) is 0 Å². The van der Waals surface area contributed by atoms with Crippen molar-refractivity contribution >= 4 is 11.3 Å². The first kappa shape index (κ1) is 20.4. The highest BCUT2D eigenvalue weighted by Gasteiger charge is 2.63. The van der Waals surface area contributed by atoms with Gasteiger partial charge in [0.1, 0.15) is 22.8 Å². The summed E-state index contributed by atoms with van der Waals surface area (Å²) in [6.07, 6.45) is 1.41. The third-order valence-corrected chi connectivity index (χ3v) is 5.76. The van der Waals surface area contributed by atoms with Gasteiger partial charge in [0.25, 0.3) is 5.56 Å². The Morgan fingerprint density at radius 1 is 1.34 bits per heavy atom. The maximum atomic E-state index is 12.6. The van der Waals surface area contributed by atoms with Crippen molar-refractivity contribution in [3.05, 3.63) is 38.6 Å². The topological polar surface area (TPSA) is 105 Å². The summed E-state index contributed by atoms with van der Waals surface area (Å²) < 4.78 is 25.6. The molecule has 2 aliphatic rings. The van der Waals surface area contributed by atoms with Crippen LogP contribution in [0.4, 0.5) is 0 Å². The Balaban J connectivity index is 1.72. The van der Waals surface area contributed by atoms with E-state index in [1.165, 1.54) is 22.1 Å². The molecule has 29 heavy (non-hydrogen) atoms. The molecule has 0 aromatic carbocycles. The summed E-state index contributed by atoms with van der Waals surface area (Å²) in [6, 6.07) is 0. The van der Waals surface area contributed by atoms with Crippen molar-refractivity contribution in [2.24, 2.45) is 0 Å². The number of rotatable bonds is 7. The van der Waals surface area contributed by atoms with Gasteiger partial charge < -0.3 is 18.9 Å². The molecular formula is C19H25N3O6S. The van der Waals surface area contributed by atoms with Crippen molar-refractivity contribution in [2.75, 3.05) is 13.2 Å². The molecule has 4 atom stereocenters. The number of ether oxygens (including phenoxy) is 4. The van der Waals surface area contributed by atoms with Gasteiger partial charge in [-0.15, -0.1) is 11.3 Å². The fraction of sp³-hybridized carbons (Fsp3) is 0.632. The molecule has 158 valence electrons. The molecule has 2 aliphatic heterocycles. The van der Waals surface area contributed by atoms with Crippen LogP contribution in [0, 0.1) is 0 Å².